The minimum Gasteiger partial charge on any atom is -0.508 e. The van der Waals surface area contributed by atoms with Crippen LogP contribution in [0.2, 0.25) is 0 Å². The van der Waals surface area contributed by atoms with E-state index in [0.29, 0.717) is 49.1 Å². The van der Waals surface area contributed by atoms with Gasteiger partial charge in [-0.3, -0.25) is 19.2 Å². The highest BCUT2D eigenvalue weighted by molar-refractivity contribution is 5.91. The average Bonchev–Trinajstić information content (AvgIpc) is 3.46. The van der Waals surface area contributed by atoms with Crippen LogP contribution in [0.25, 0.3) is 22.3 Å². The molecule has 1 aromatic carbocycles. The molecule has 2 amide bonds. The predicted octanol–water partition coefficient (Wildman–Crippen LogP) is 1.92. The van der Waals surface area contributed by atoms with Gasteiger partial charge < -0.3 is 39.3 Å². The molecule has 0 aliphatic carbocycles. The fraction of sp³-hybridized carbons (Fsp3) is 0.472. The summed E-state index contributed by atoms with van der Waals surface area (Å²) >= 11 is 0. The van der Waals surface area contributed by atoms with Crippen molar-refractivity contribution in [3.05, 3.63) is 56.9 Å². The van der Waals surface area contributed by atoms with Crippen LogP contribution in [-0.2, 0) is 68.1 Å². The zero-order chi connectivity index (χ0) is 36.9. The van der Waals surface area contributed by atoms with Gasteiger partial charge in [0.25, 0.3) is 5.56 Å². The van der Waals surface area contributed by atoms with Gasteiger partial charge in [-0.05, 0) is 68.9 Å². The lowest BCUT2D eigenvalue weighted by Gasteiger charge is -2.35. The summed E-state index contributed by atoms with van der Waals surface area (Å²) in [6, 6.07) is 5.77. The number of nitrogens with one attached hydrogen (secondary N) is 2. The van der Waals surface area contributed by atoms with Crippen molar-refractivity contribution in [2.45, 2.75) is 77.7 Å². The fourth-order valence-corrected chi connectivity index (χ4v) is 6.66. The molecule has 0 fully saturated rings. The maximum Gasteiger partial charge on any atom is 0.355 e. The molecule has 4 heterocycles. The minimum atomic E-state index is -1.95. The summed E-state index contributed by atoms with van der Waals surface area (Å²) < 4.78 is 22.8. The third-order valence-electron chi connectivity index (χ3n) is 9.19. The second kappa shape index (κ2) is 15.8. The van der Waals surface area contributed by atoms with E-state index >= 15 is 0 Å². The number of phenolic OH excluding ortho intramolecular Hbond substituents is 1. The number of carbonyl (C=O) groups is 5. The second-order valence-corrected chi connectivity index (χ2v) is 12.5. The molecule has 2 atom stereocenters. The molecular formula is C36H42N4O11. The smallest absolute Gasteiger partial charge is 0.355 e. The van der Waals surface area contributed by atoms with Gasteiger partial charge in [0.15, 0.2) is 5.78 Å². The Hall–Kier alpha value is -5.15. The maximum atomic E-state index is 13.9. The Morgan fingerprint density at radius 3 is 2.55 bits per heavy atom. The molecule has 0 radical (unpaired) electrons. The number of methoxy groups -OCH3 is 1. The molecule has 0 bridgehead atoms. The Morgan fingerprint density at radius 1 is 1.06 bits per heavy atom. The third-order valence-corrected chi connectivity index (χ3v) is 9.19. The number of ether oxygens (including phenoxy) is 4. The highest BCUT2D eigenvalue weighted by Crippen LogP contribution is 2.42. The molecule has 15 nitrogen and oxygen atoms in total. The lowest BCUT2D eigenvalue weighted by atomic mass is 9.85. The second-order valence-electron chi connectivity index (χ2n) is 12.5. The Morgan fingerprint density at radius 2 is 1.84 bits per heavy atom. The number of rotatable bonds is 16. The summed E-state index contributed by atoms with van der Waals surface area (Å²) in [7, 11) is 1.42. The van der Waals surface area contributed by atoms with E-state index in [2.05, 4.69) is 10.6 Å². The minimum absolute atomic E-state index is 0.0450. The van der Waals surface area contributed by atoms with Crippen molar-refractivity contribution in [3.8, 4) is 17.1 Å². The van der Waals surface area contributed by atoms with Crippen molar-refractivity contribution < 1.29 is 48.0 Å². The van der Waals surface area contributed by atoms with Gasteiger partial charge in [0.1, 0.15) is 32.2 Å². The van der Waals surface area contributed by atoms with E-state index in [1.54, 1.807) is 29.7 Å². The highest BCUT2D eigenvalue weighted by atomic mass is 16.6. The zero-order valence-electron chi connectivity index (χ0n) is 29.1. The molecule has 1 unspecified atom stereocenters. The number of Topliss-reactive ketones (excluding diaryl/α,β-unsaturated/α-hetero) is 1. The van der Waals surface area contributed by atoms with Crippen LogP contribution in [0.3, 0.4) is 0 Å². The Balaban J connectivity index is 1.27. The van der Waals surface area contributed by atoms with Gasteiger partial charge >= 0.3 is 11.9 Å². The first-order valence-corrected chi connectivity index (χ1v) is 16.9. The van der Waals surface area contributed by atoms with Gasteiger partial charge in [-0.15, -0.1) is 0 Å². The Bertz CT molecular complexity index is 1940. The summed E-state index contributed by atoms with van der Waals surface area (Å²) in [5, 5.41) is 16.2. The van der Waals surface area contributed by atoms with Crippen molar-refractivity contribution in [1.29, 1.82) is 0 Å². The van der Waals surface area contributed by atoms with Crippen LogP contribution in [0.15, 0.2) is 29.1 Å². The summed E-state index contributed by atoms with van der Waals surface area (Å²) in [4.78, 5) is 81.3. The lowest BCUT2D eigenvalue weighted by Crippen LogP contribution is -2.48. The van der Waals surface area contributed by atoms with Gasteiger partial charge in [-0.2, -0.15) is 0 Å². The number of fused-ring (bicyclic) bond motifs is 5. The van der Waals surface area contributed by atoms with Gasteiger partial charge in [-0.1, -0.05) is 13.8 Å². The van der Waals surface area contributed by atoms with Crippen LogP contribution in [0.1, 0.15) is 68.7 Å². The normalized spacial score (nSPS) is 16.4. The van der Waals surface area contributed by atoms with E-state index in [-0.39, 0.29) is 54.7 Å². The number of cyclic esters (lactones) is 1. The number of aromatic hydroxyl groups is 1. The largest absolute Gasteiger partial charge is 0.508 e. The number of aromatic nitrogens is 2. The van der Waals surface area contributed by atoms with Crippen LogP contribution < -0.4 is 16.2 Å². The maximum absolute atomic E-state index is 13.9. The van der Waals surface area contributed by atoms with Crippen LogP contribution in [-0.4, -0.2) is 83.7 Å². The molecule has 3 aromatic rings. The van der Waals surface area contributed by atoms with E-state index in [0.717, 1.165) is 16.5 Å². The third kappa shape index (κ3) is 7.64. The van der Waals surface area contributed by atoms with Crippen molar-refractivity contribution in [1.82, 2.24) is 20.2 Å². The number of pyridine rings is 2. The summed E-state index contributed by atoms with van der Waals surface area (Å²) in [5.74, 6) is -2.85. The van der Waals surface area contributed by atoms with Crippen molar-refractivity contribution >= 4 is 40.4 Å². The average molecular weight is 707 g/mol. The molecule has 15 heteroatoms. The van der Waals surface area contributed by atoms with E-state index in [1.165, 1.54) is 20.1 Å². The van der Waals surface area contributed by atoms with Crippen LogP contribution in [0.4, 0.5) is 0 Å². The first kappa shape index (κ1) is 37.1. The monoisotopic (exact) mass is 706 g/mol. The number of hydrogen-bond donors (Lipinski definition) is 3. The number of benzene rings is 1. The van der Waals surface area contributed by atoms with Crippen LogP contribution >= 0.6 is 0 Å². The molecular weight excluding hydrogens is 664 g/mol. The molecule has 5 rings (SSSR count). The lowest BCUT2D eigenvalue weighted by molar-refractivity contribution is -0.192. The number of hydrogen-bond acceptors (Lipinski definition) is 12. The standard InChI is InChI=1S/C36H42N4O11/c1-5-22-23-13-21(42)10-11-28(23)39-33-24(22)15-40-29(33)14-26-25(34(40)46)16-50-35(47)36(26,6-2)51-32(45)19-49-18-31(44)38-27(20(3)41)9-7-8-12-37-30(43)17-48-4/h10-11,13-14,27,42H,5-9,12,15-19H2,1-4H3,(H,37,43)(H,38,44)/t27?,36-/m0/s1. The van der Waals surface area contributed by atoms with Crippen molar-refractivity contribution in [3.63, 3.8) is 0 Å². The predicted molar refractivity (Wildman–Crippen MR) is 182 cm³/mol. The van der Waals surface area contributed by atoms with Gasteiger partial charge in [-0.25, -0.2) is 14.6 Å². The number of aryl methyl sites for hydroxylation is 1. The fourth-order valence-electron chi connectivity index (χ4n) is 6.66. The van der Waals surface area contributed by atoms with E-state index in [1.807, 2.05) is 6.92 Å². The molecule has 51 heavy (non-hydrogen) atoms. The molecule has 272 valence electrons. The Kier molecular flexibility index (Phi) is 11.5. The first-order chi connectivity index (χ1) is 24.4. The number of unbranched alkanes of at least 4 members (excludes halogenated alkanes) is 1. The SMILES string of the molecule is CCc1c2c(nc3ccc(O)cc13)-c1cc3c(c(=O)n1C2)COC(=O)[C@@]3(CC)OC(=O)COCC(=O)NC(CCCCNC(=O)COC)C(C)=O. The van der Waals surface area contributed by atoms with Crippen molar-refractivity contribution in [2.24, 2.45) is 0 Å². The van der Waals surface area contributed by atoms with E-state index in [4.69, 9.17) is 23.9 Å². The number of esters is 2. The molecule has 0 spiro atoms. The molecule has 2 aliphatic heterocycles. The van der Waals surface area contributed by atoms with Crippen molar-refractivity contribution in [2.75, 3.05) is 33.5 Å². The summed E-state index contributed by atoms with van der Waals surface area (Å²) in [5.41, 5.74) is 1.44. The molecule has 0 saturated heterocycles. The Labute approximate surface area is 293 Å². The molecule has 2 aromatic heterocycles. The van der Waals surface area contributed by atoms with Gasteiger partial charge in [0.05, 0.1) is 35.1 Å². The van der Waals surface area contributed by atoms with Gasteiger partial charge in [0.2, 0.25) is 17.4 Å². The number of amides is 2. The van der Waals surface area contributed by atoms with E-state index in [9.17, 15) is 33.9 Å². The first-order valence-electron chi connectivity index (χ1n) is 16.9. The number of carbonyl (C=O) groups excluding carboxylic acids is 5. The van der Waals surface area contributed by atoms with Crippen LogP contribution in [0, 0.1) is 0 Å². The summed E-state index contributed by atoms with van der Waals surface area (Å²) in [6.45, 7) is 3.98. The molecule has 2 aliphatic rings. The van der Waals surface area contributed by atoms with Crippen LogP contribution in [0.5, 0.6) is 5.75 Å². The number of phenols is 1. The quantitative estimate of drug-likeness (QED) is 0.113. The molecule has 0 saturated carbocycles. The van der Waals surface area contributed by atoms with Gasteiger partial charge in [0, 0.05) is 30.2 Å². The summed E-state index contributed by atoms with van der Waals surface area (Å²) in [6.07, 6.45) is 2.05. The molecule has 3 N–H and O–H groups in total. The highest BCUT2D eigenvalue weighted by Gasteiger charge is 2.50. The zero-order valence-corrected chi connectivity index (χ0v) is 29.1. The number of nitrogens with zero attached hydrogens (tertiary/aromatic N) is 2. The topological polar surface area (TPSA) is 201 Å². The van der Waals surface area contributed by atoms with E-state index < -0.39 is 48.3 Å². The number of ketones is 1.